The van der Waals surface area contributed by atoms with Gasteiger partial charge in [-0.1, -0.05) is 133 Å². The van der Waals surface area contributed by atoms with Gasteiger partial charge in [-0.05, 0) is 69.4 Å². The summed E-state index contributed by atoms with van der Waals surface area (Å²) in [5.74, 6) is 0.888. The highest BCUT2D eigenvalue weighted by molar-refractivity contribution is 6.22. The molecule has 0 unspecified atom stereocenters. The number of pyridine rings is 1. The number of anilines is 3. The van der Waals surface area contributed by atoms with E-state index >= 15 is 0 Å². The van der Waals surface area contributed by atoms with Crippen molar-refractivity contribution >= 4 is 49.6 Å². The van der Waals surface area contributed by atoms with Crippen LogP contribution in [-0.2, 0) is 0 Å². The minimum atomic E-state index is 0.888. The molecule has 0 saturated heterocycles. The van der Waals surface area contributed by atoms with Crippen LogP contribution in [0.1, 0.15) is 0 Å². The first-order valence-corrected chi connectivity index (χ1v) is 14.7. The van der Waals surface area contributed by atoms with E-state index in [9.17, 15) is 0 Å². The maximum Gasteiger partial charge on any atom is 0.138 e. The van der Waals surface area contributed by atoms with Gasteiger partial charge in [-0.2, -0.15) is 0 Å². The second kappa shape index (κ2) is 10.6. The molecule has 8 aromatic rings. The molecule has 0 bridgehead atoms. The van der Waals surface area contributed by atoms with Crippen LogP contribution in [0.15, 0.2) is 170 Å². The fourth-order valence-electron chi connectivity index (χ4n) is 6.27. The van der Waals surface area contributed by atoms with Gasteiger partial charge < -0.3 is 0 Å². The summed E-state index contributed by atoms with van der Waals surface area (Å²) in [7, 11) is 0. The van der Waals surface area contributed by atoms with Crippen LogP contribution in [0.2, 0.25) is 0 Å². The van der Waals surface area contributed by atoms with E-state index in [-0.39, 0.29) is 0 Å². The molecule has 8 rings (SSSR count). The molecule has 0 aliphatic rings. The average molecular weight is 549 g/mol. The molecule has 0 aliphatic carbocycles. The van der Waals surface area contributed by atoms with Gasteiger partial charge in [0.15, 0.2) is 0 Å². The van der Waals surface area contributed by atoms with Gasteiger partial charge >= 0.3 is 0 Å². The van der Waals surface area contributed by atoms with Gasteiger partial charge in [0.1, 0.15) is 5.82 Å². The Morgan fingerprint density at radius 2 is 0.953 bits per heavy atom. The van der Waals surface area contributed by atoms with Crippen molar-refractivity contribution in [2.75, 3.05) is 4.90 Å². The molecular weight excluding hydrogens is 520 g/mol. The van der Waals surface area contributed by atoms with Crippen LogP contribution in [0.3, 0.4) is 0 Å². The molecule has 2 heteroatoms. The maximum atomic E-state index is 5.19. The van der Waals surface area contributed by atoms with Crippen molar-refractivity contribution in [1.29, 1.82) is 0 Å². The Morgan fingerprint density at radius 3 is 1.67 bits per heavy atom. The highest BCUT2D eigenvalue weighted by atomic mass is 15.2. The van der Waals surface area contributed by atoms with Crippen LogP contribution >= 0.6 is 0 Å². The summed E-state index contributed by atoms with van der Waals surface area (Å²) in [6, 6.07) is 60.3. The molecule has 0 atom stereocenters. The minimum absolute atomic E-state index is 0.888. The van der Waals surface area contributed by atoms with E-state index in [0.717, 1.165) is 28.1 Å². The number of benzene rings is 7. The van der Waals surface area contributed by atoms with Crippen LogP contribution in [0, 0.1) is 0 Å². The molecule has 1 heterocycles. The SMILES string of the molecule is c1ccc(-c2cccc(-c3c4ccccc4c(N(c4ccccc4)c4ccc5ccccc5n4)c4ccccc34)c2)cc1. The lowest BCUT2D eigenvalue weighted by atomic mass is 9.89. The van der Waals surface area contributed by atoms with E-state index in [4.69, 9.17) is 4.98 Å². The molecule has 0 saturated carbocycles. The highest BCUT2D eigenvalue weighted by Gasteiger charge is 2.23. The van der Waals surface area contributed by atoms with Crippen LogP contribution in [0.5, 0.6) is 0 Å². The largest absolute Gasteiger partial charge is 0.294 e. The summed E-state index contributed by atoms with van der Waals surface area (Å²) in [6.45, 7) is 0. The molecule has 1 aromatic heterocycles. The highest BCUT2D eigenvalue weighted by Crippen LogP contribution is 2.48. The van der Waals surface area contributed by atoms with Crippen LogP contribution in [0.25, 0.3) is 54.7 Å². The molecule has 0 N–H and O–H groups in total. The fourth-order valence-corrected chi connectivity index (χ4v) is 6.27. The average Bonchev–Trinajstić information content (AvgIpc) is 3.09. The predicted octanol–water partition coefficient (Wildman–Crippen LogP) is 11.3. The van der Waals surface area contributed by atoms with Crippen LogP contribution in [0.4, 0.5) is 17.2 Å². The molecule has 202 valence electrons. The molecule has 0 amide bonds. The summed E-state index contributed by atoms with van der Waals surface area (Å²) < 4.78 is 0. The Bertz CT molecular complexity index is 2180. The first-order chi connectivity index (χ1) is 21.3. The molecule has 0 aliphatic heterocycles. The molecule has 2 nitrogen and oxygen atoms in total. The fraction of sp³-hybridized carbons (Fsp3) is 0. The number of para-hydroxylation sites is 2. The molecule has 0 fully saturated rings. The van der Waals surface area contributed by atoms with Crippen molar-refractivity contribution in [3.63, 3.8) is 0 Å². The van der Waals surface area contributed by atoms with Gasteiger partial charge in [-0.25, -0.2) is 4.98 Å². The third kappa shape index (κ3) is 4.41. The van der Waals surface area contributed by atoms with Gasteiger partial charge in [0.05, 0.1) is 11.2 Å². The molecular formula is C41H28N2. The predicted molar refractivity (Wildman–Crippen MR) is 182 cm³/mol. The van der Waals surface area contributed by atoms with Crippen LogP contribution < -0.4 is 4.90 Å². The first kappa shape index (κ1) is 25.0. The number of aromatic nitrogens is 1. The first-order valence-electron chi connectivity index (χ1n) is 14.7. The second-order valence-electron chi connectivity index (χ2n) is 10.8. The van der Waals surface area contributed by atoms with Crippen molar-refractivity contribution in [2.45, 2.75) is 0 Å². The molecule has 7 aromatic carbocycles. The van der Waals surface area contributed by atoms with Crippen molar-refractivity contribution in [2.24, 2.45) is 0 Å². The maximum absolute atomic E-state index is 5.19. The van der Waals surface area contributed by atoms with Gasteiger partial charge in [0.25, 0.3) is 0 Å². The van der Waals surface area contributed by atoms with Gasteiger partial charge in [0, 0.05) is 21.8 Å². The normalized spacial score (nSPS) is 11.3. The number of nitrogens with zero attached hydrogens (tertiary/aromatic N) is 2. The zero-order chi connectivity index (χ0) is 28.6. The van der Waals surface area contributed by atoms with Gasteiger partial charge in [-0.15, -0.1) is 0 Å². The van der Waals surface area contributed by atoms with E-state index in [1.807, 2.05) is 0 Å². The quantitative estimate of drug-likeness (QED) is 0.199. The van der Waals surface area contributed by atoms with E-state index in [1.165, 1.54) is 43.8 Å². The number of hydrogen-bond donors (Lipinski definition) is 0. The Morgan fingerprint density at radius 1 is 0.395 bits per heavy atom. The Labute approximate surface area is 251 Å². The number of rotatable bonds is 5. The minimum Gasteiger partial charge on any atom is -0.294 e. The zero-order valence-corrected chi connectivity index (χ0v) is 23.6. The van der Waals surface area contributed by atoms with Gasteiger partial charge in [-0.3, -0.25) is 4.90 Å². The Kier molecular flexibility index (Phi) is 6.16. The summed E-state index contributed by atoms with van der Waals surface area (Å²) in [5, 5.41) is 5.91. The third-order valence-corrected chi connectivity index (χ3v) is 8.21. The molecule has 0 spiro atoms. The van der Waals surface area contributed by atoms with Crippen molar-refractivity contribution in [1.82, 2.24) is 4.98 Å². The monoisotopic (exact) mass is 548 g/mol. The van der Waals surface area contributed by atoms with Gasteiger partial charge in [0.2, 0.25) is 0 Å². The Balaban J connectivity index is 1.45. The number of hydrogen-bond acceptors (Lipinski definition) is 2. The summed E-state index contributed by atoms with van der Waals surface area (Å²) >= 11 is 0. The lowest BCUT2D eigenvalue weighted by Crippen LogP contribution is -2.13. The van der Waals surface area contributed by atoms with E-state index in [1.54, 1.807) is 0 Å². The lowest BCUT2D eigenvalue weighted by Gasteiger charge is -2.28. The van der Waals surface area contributed by atoms with E-state index in [2.05, 4.69) is 175 Å². The smallest absolute Gasteiger partial charge is 0.138 e. The molecule has 0 radical (unpaired) electrons. The number of fused-ring (bicyclic) bond motifs is 3. The van der Waals surface area contributed by atoms with Crippen molar-refractivity contribution in [3.8, 4) is 22.3 Å². The zero-order valence-electron chi connectivity index (χ0n) is 23.6. The standard InChI is InChI=1S/C41H28N2/c1-3-14-29(15-4-1)31-17-13-18-32(28-31)40-34-21-8-10-23-36(34)41(37-24-11-9-22-35(37)40)43(33-19-5-2-6-20-33)39-27-26-30-16-7-12-25-38(30)42-39/h1-28H. The van der Waals surface area contributed by atoms with Crippen LogP contribution in [-0.4, -0.2) is 4.98 Å². The topological polar surface area (TPSA) is 16.1 Å². The summed E-state index contributed by atoms with van der Waals surface area (Å²) in [5.41, 5.74) is 8.04. The molecule has 43 heavy (non-hydrogen) atoms. The lowest BCUT2D eigenvalue weighted by molar-refractivity contribution is 1.22. The van der Waals surface area contributed by atoms with E-state index < -0.39 is 0 Å². The van der Waals surface area contributed by atoms with Crippen molar-refractivity contribution < 1.29 is 0 Å². The second-order valence-corrected chi connectivity index (χ2v) is 10.8. The summed E-state index contributed by atoms with van der Waals surface area (Å²) in [4.78, 5) is 7.51. The van der Waals surface area contributed by atoms with Crippen molar-refractivity contribution in [3.05, 3.63) is 170 Å². The summed E-state index contributed by atoms with van der Waals surface area (Å²) in [6.07, 6.45) is 0. The Hall–Kier alpha value is -5.73. The van der Waals surface area contributed by atoms with E-state index in [0.29, 0.717) is 0 Å². The third-order valence-electron chi connectivity index (χ3n) is 8.21.